The predicted molar refractivity (Wildman–Crippen MR) is 126 cm³/mol. The van der Waals surface area contributed by atoms with Crippen molar-refractivity contribution in [2.75, 3.05) is 11.3 Å². The first-order valence-electron chi connectivity index (χ1n) is 9.27. The van der Waals surface area contributed by atoms with Crippen LogP contribution in [0.15, 0.2) is 73.0 Å². The Balaban J connectivity index is 1.67. The number of H-pyrrole nitrogens is 1. The van der Waals surface area contributed by atoms with E-state index in [4.69, 9.17) is 0 Å². The molecule has 0 spiro atoms. The molecule has 0 saturated heterocycles. The number of halogens is 1. The van der Waals surface area contributed by atoms with Crippen molar-refractivity contribution in [3.63, 3.8) is 0 Å². The molecule has 10 heteroatoms. The molecule has 31 heavy (non-hydrogen) atoms. The lowest BCUT2D eigenvalue weighted by atomic mass is 10.1. The minimum absolute atomic E-state index is 0.153. The Labute approximate surface area is 190 Å². The fourth-order valence-corrected chi connectivity index (χ4v) is 3.74. The molecule has 3 aromatic rings. The van der Waals surface area contributed by atoms with E-state index in [1.165, 1.54) is 16.8 Å². The van der Waals surface area contributed by atoms with Crippen molar-refractivity contribution >= 4 is 56.9 Å². The summed E-state index contributed by atoms with van der Waals surface area (Å²) in [5.41, 5.74) is 2.13. The Hall–Kier alpha value is -3.11. The lowest BCUT2D eigenvalue weighted by Gasteiger charge is -2.12. The number of rotatable bonds is 5. The zero-order valence-electron chi connectivity index (χ0n) is 16.6. The first-order chi connectivity index (χ1) is 15.0. The number of hydrazone groups is 1. The largest absolute Gasteiger partial charge is 0.298 e. The highest BCUT2D eigenvalue weighted by atomic mass is 79.9. The molecule has 0 radical (unpaired) electrons. The van der Waals surface area contributed by atoms with E-state index in [2.05, 4.69) is 41.2 Å². The van der Waals surface area contributed by atoms with E-state index in [0.717, 1.165) is 4.47 Å². The van der Waals surface area contributed by atoms with Gasteiger partial charge >= 0.3 is 0 Å². The number of carbonyl (C=O) groups is 1. The Morgan fingerprint density at radius 1 is 1.16 bits per heavy atom. The Bertz CT molecular complexity index is 1260. The summed E-state index contributed by atoms with van der Waals surface area (Å²) in [6, 6.07) is 14.5. The summed E-state index contributed by atoms with van der Waals surface area (Å²) in [4.78, 5) is 32.6. The number of aliphatic imine (C=N–C) groups is 1. The summed E-state index contributed by atoms with van der Waals surface area (Å²) in [6.07, 6.45) is 3.35. The molecule has 1 aliphatic heterocycles. The van der Waals surface area contributed by atoms with Gasteiger partial charge in [-0.2, -0.15) is 10.1 Å². The predicted octanol–water partition coefficient (Wildman–Crippen LogP) is 4.06. The number of nitrogens with one attached hydrogen (secondary N) is 1. The minimum Gasteiger partial charge on any atom is -0.298 e. The van der Waals surface area contributed by atoms with Crippen LogP contribution in [0.2, 0.25) is 0 Å². The van der Waals surface area contributed by atoms with Crippen LogP contribution >= 0.6 is 27.7 Å². The summed E-state index contributed by atoms with van der Waals surface area (Å²) >= 11 is 4.72. The summed E-state index contributed by atoms with van der Waals surface area (Å²) in [6.45, 7) is 1.79. The molecular formula is C21H17BrN6O2S. The minimum atomic E-state index is -0.597. The molecule has 1 unspecified atom stereocenters. The van der Waals surface area contributed by atoms with Crippen LogP contribution in [0, 0.1) is 5.92 Å². The van der Waals surface area contributed by atoms with Crippen molar-refractivity contribution < 1.29 is 4.79 Å². The number of aromatic nitrogens is 3. The smallest absolute Gasteiger partial charge is 0.278 e. The molecule has 1 amide bonds. The highest BCUT2D eigenvalue weighted by Gasteiger charge is 2.33. The number of aromatic amines is 1. The maximum absolute atomic E-state index is 12.9. The van der Waals surface area contributed by atoms with Gasteiger partial charge in [-0.1, -0.05) is 45.9 Å². The van der Waals surface area contributed by atoms with Crippen molar-refractivity contribution in [2.24, 2.45) is 16.0 Å². The van der Waals surface area contributed by atoms with Gasteiger partial charge in [-0.05, 0) is 43.5 Å². The molecular weight excluding hydrogens is 480 g/mol. The second kappa shape index (κ2) is 8.94. The third-order valence-corrected chi connectivity index (χ3v) is 5.69. The molecule has 4 rings (SSSR count). The van der Waals surface area contributed by atoms with Gasteiger partial charge in [0.2, 0.25) is 0 Å². The van der Waals surface area contributed by atoms with Crippen molar-refractivity contribution in [2.45, 2.75) is 12.1 Å². The second-order valence-corrected chi connectivity index (χ2v) is 8.37. The molecule has 156 valence electrons. The van der Waals surface area contributed by atoms with Gasteiger partial charge in [-0.3, -0.25) is 19.6 Å². The van der Waals surface area contributed by atoms with E-state index in [-0.39, 0.29) is 17.2 Å². The Kier molecular flexibility index (Phi) is 6.10. The van der Waals surface area contributed by atoms with Crippen LogP contribution in [-0.2, 0) is 4.79 Å². The molecule has 0 bridgehead atoms. The third kappa shape index (κ3) is 4.35. The fraction of sp³-hybridized carbons (Fsp3) is 0.143. The first kappa shape index (κ1) is 21.1. The van der Waals surface area contributed by atoms with Gasteiger partial charge in [-0.15, -0.1) is 10.2 Å². The van der Waals surface area contributed by atoms with Gasteiger partial charge in [0.05, 0.1) is 17.1 Å². The van der Waals surface area contributed by atoms with Gasteiger partial charge in [0, 0.05) is 16.3 Å². The van der Waals surface area contributed by atoms with E-state index in [0.29, 0.717) is 27.8 Å². The van der Waals surface area contributed by atoms with Gasteiger partial charge < -0.3 is 0 Å². The Morgan fingerprint density at radius 3 is 2.65 bits per heavy atom. The van der Waals surface area contributed by atoms with Crippen molar-refractivity contribution in [1.29, 1.82) is 0 Å². The number of amides is 1. The Morgan fingerprint density at radius 2 is 1.94 bits per heavy atom. The van der Waals surface area contributed by atoms with Crippen LogP contribution in [0.5, 0.6) is 0 Å². The lowest BCUT2D eigenvalue weighted by molar-refractivity contribution is -0.118. The summed E-state index contributed by atoms with van der Waals surface area (Å²) in [5.74, 6) is -0.784. The number of thioether (sulfide) groups is 1. The summed E-state index contributed by atoms with van der Waals surface area (Å²) < 4.78 is 0.765. The average Bonchev–Trinajstić information content (AvgIpc) is 3.06. The van der Waals surface area contributed by atoms with Crippen molar-refractivity contribution in [3.8, 4) is 11.3 Å². The van der Waals surface area contributed by atoms with Gasteiger partial charge in [0.25, 0.3) is 11.5 Å². The van der Waals surface area contributed by atoms with Crippen LogP contribution < -0.4 is 10.6 Å². The lowest BCUT2D eigenvalue weighted by Crippen LogP contribution is -2.27. The van der Waals surface area contributed by atoms with Crippen molar-refractivity contribution in [1.82, 2.24) is 15.2 Å². The molecule has 1 aromatic heterocycles. The third-order valence-electron chi connectivity index (χ3n) is 4.63. The number of benzene rings is 2. The molecule has 2 heterocycles. The standard InChI is InChI=1S/C21H17BrN6O2S/c1-12-16(20(30)28(27-12)14-6-4-3-5-7-14)11-23-17-9-8-13(22)10-15(17)18-19(29)24-21(31-2)26-25-18/h3-11,16H,1-2H3,(H,24,26,29). The molecule has 0 saturated carbocycles. The highest BCUT2D eigenvalue weighted by Crippen LogP contribution is 2.31. The number of para-hydroxylation sites is 1. The fourth-order valence-electron chi connectivity index (χ4n) is 3.06. The van der Waals surface area contributed by atoms with Crippen LogP contribution in [0.4, 0.5) is 11.4 Å². The van der Waals surface area contributed by atoms with Gasteiger partial charge in [-0.25, -0.2) is 0 Å². The molecule has 0 aliphatic carbocycles. The van der Waals surface area contributed by atoms with E-state index in [1.807, 2.05) is 36.4 Å². The normalized spacial score (nSPS) is 16.2. The number of carbonyl (C=O) groups excluding carboxylic acids is 1. The van der Waals surface area contributed by atoms with Crippen LogP contribution in [0.1, 0.15) is 6.92 Å². The number of anilines is 1. The number of hydrogen-bond acceptors (Lipinski definition) is 7. The first-order valence-corrected chi connectivity index (χ1v) is 11.3. The summed E-state index contributed by atoms with van der Waals surface area (Å²) in [7, 11) is 0. The molecule has 1 N–H and O–H groups in total. The summed E-state index contributed by atoms with van der Waals surface area (Å²) in [5, 5.41) is 14.3. The molecule has 1 aliphatic rings. The SMILES string of the molecule is CSc1nnc(-c2cc(Br)ccc2N=CC2C(=O)N(c3ccccc3)N=C2C)c(=O)[nH]1. The zero-order chi connectivity index (χ0) is 22.0. The monoisotopic (exact) mass is 496 g/mol. The molecule has 2 aromatic carbocycles. The van der Waals surface area contributed by atoms with Gasteiger partial charge in [0.15, 0.2) is 10.9 Å². The van der Waals surface area contributed by atoms with Crippen LogP contribution in [-0.4, -0.2) is 39.3 Å². The molecule has 8 nitrogen and oxygen atoms in total. The highest BCUT2D eigenvalue weighted by molar-refractivity contribution is 9.10. The van der Waals surface area contributed by atoms with Crippen LogP contribution in [0.3, 0.4) is 0 Å². The van der Waals surface area contributed by atoms with E-state index in [1.54, 1.807) is 31.5 Å². The zero-order valence-corrected chi connectivity index (χ0v) is 19.0. The molecule has 0 fully saturated rings. The average molecular weight is 497 g/mol. The number of hydrogen-bond donors (Lipinski definition) is 1. The second-order valence-electron chi connectivity index (χ2n) is 6.66. The quantitative estimate of drug-likeness (QED) is 0.423. The van der Waals surface area contributed by atoms with E-state index < -0.39 is 5.92 Å². The maximum Gasteiger partial charge on any atom is 0.278 e. The van der Waals surface area contributed by atoms with E-state index in [9.17, 15) is 9.59 Å². The van der Waals surface area contributed by atoms with Crippen LogP contribution in [0.25, 0.3) is 11.3 Å². The number of nitrogens with zero attached hydrogens (tertiary/aromatic N) is 5. The maximum atomic E-state index is 12.9. The van der Waals surface area contributed by atoms with Crippen molar-refractivity contribution in [3.05, 3.63) is 63.4 Å². The topological polar surface area (TPSA) is 104 Å². The van der Waals surface area contributed by atoms with Gasteiger partial charge in [0.1, 0.15) is 5.92 Å². The van der Waals surface area contributed by atoms with E-state index >= 15 is 0 Å². The molecule has 1 atom stereocenters.